The van der Waals surface area contributed by atoms with Gasteiger partial charge in [0, 0.05) is 26.2 Å². The average molecular weight is 290 g/mol. The van der Waals surface area contributed by atoms with Gasteiger partial charge in [0.25, 0.3) is 0 Å². The fraction of sp³-hybridized carbons (Fsp3) is 0.929. The van der Waals surface area contributed by atoms with Gasteiger partial charge < -0.3 is 13.3 Å². The van der Waals surface area contributed by atoms with E-state index < -0.39 is 8.80 Å². The molecule has 0 rings (SSSR count). The number of carbonyl (C=O) groups excluding carboxylic acids is 1. The molecule has 0 aliphatic rings. The van der Waals surface area contributed by atoms with Crippen LogP contribution in [-0.2, 0) is 18.1 Å². The molecule has 0 aromatic heterocycles. The fourth-order valence-electron chi connectivity index (χ4n) is 1.98. The smallest absolute Gasteiger partial charge is 0.369 e. The Morgan fingerprint density at radius 3 is 1.68 bits per heavy atom. The van der Waals surface area contributed by atoms with E-state index in [1.165, 1.54) is 19.3 Å². The minimum Gasteiger partial charge on any atom is -0.369 e. The van der Waals surface area contributed by atoms with Gasteiger partial charge in [0.1, 0.15) is 0 Å². The van der Waals surface area contributed by atoms with E-state index in [1.54, 1.807) is 0 Å². The SMILES string of the molecule is CCCCCCCC(=O)[Si](OCC)(OCC)OCC. The third-order valence-electron chi connectivity index (χ3n) is 2.85. The standard InChI is InChI=1S/C14H30O4Si/c1-5-9-10-11-12-13-14(15)19(16-6-2,17-7-3)18-8-4/h5-13H2,1-4H3. The van der Waals surface area contributed by atoms with Crippen molar-refractivity contribution in [2.24, 2.45) is 0 Å². The molecule has 0 heterocycles. The summed E-state index contributed by atoms with van der Waals surface area (Å²) in [5.41, 5.74) is 0. The molecule has 0 bridgehead atoms. The third kappa shape index (κ3) is 7.20. The Labute approximate surface area is 119 Å². The van der Waals surface area contributed by atoms with E-state index >= 15 is 0 Å². The van der Waals surface area contributed by atoms with Crippen LogP contribution in [0.3, 0.4) is 0 Å². The largest absolute Gasteiger partial charge is 0.574 e. The first kappa shape index (κ1) is 18.8. The number of rotatable bonds is 13. The van der Waals surface area contributed by atoms with Crippen LogP contribution in [0.5, 0.6) is 0 Å². The molecular weight excluding hydrogens is 260 g/mol. The minimum atomic E-state index is -3.11. The van der Waals surface area contributed by atoms with Crippen molar-refractivity contribution < 1.29 is 18.1 Å². The lowest BCUT2D eigenvalue weighted by molar-refractivity contribution is -0.119. The van der Waals surface area contributed by atoms with E-state index in [2.05, 4.69) is 6.92 Å². The topological polar surface area (TPSA) is 44.8 Å². The predicted molar refractivity (Wildman–Crippen MR) is 79.0 cm³/mol. The summed E-state index contributed by atoms with van der Waals surface area (Å²) in [5.74, 6) is 0. The molecule has 0 aromatic carbocycles. The highest BCUT2D eigenvalue weighted by Crippen LogP contribution is 2.16. The van der Waals surface area contributed by atoms with Crippen LogP contribution in [0.25, 0.3) is 0 Å². The van der Waals surface area contributed by atoms with Crippen LogP contribution in [0.4, 0.5) is 0 Å². The lowest BCUT2D eigenvalue weighted by atomic mass is 10.1. The van der Waals surface area contributed by atoms with Crippen LogP contribution in [0, 0.1) is 0 Å². The van der Waals surface area contributed by atoms with Gasteiger partial charge in [-0.3, -0.25) is 4.79 Å². The fourth-order valence-corrected chi connectivity index (χ4v) is 4.33. The van der Waals surface area contributed by atoms with Crippen LogP contribution in [-0.4, -0.2) is 34.0 Å². The first-order chi connectivity index (χ1) is 9.16. The first-order valence-corrected chi connectivity index (χ1v) is 9.34. The van der Waals surface area contributed by atoms with Crippen molar-refractivity contribution in [3.8, 4) is 0 Å². The van der Waals surface area contributed by atoms with Gasteiger partial charge in [0.05, 0.1) is 0 Å². The molecule has 0 atom stereocenters. The minimum absolute atomic E-state index is 0.0366. The molecule has 114 valence electrons. The van der Waals surface area contributed by atoms with Crippen molar-refractivity contribution in [3.05, 3.63) is 0 Å². The number of hydrogen-bond acceptors (Lipinski definition) is 4. The highest BCUT2D eigenvalue weighted by molar-refractivity contribution is 6.92. The second-order valence-electron chi connectivity index (χ2n) is 4.44. The Bertz CT molecular complexity index is 216. The summed E-state index contributed by atoms with van der Waals surface area (Å²) in [6.07, 6.45) is 6.14. The number of carbonyl (C=O) groups is 1. The molecule has 19 heavy (non-hydrogen) atoms. The predicted octanol–water partition coefficient (Wildman–Crippen LogP) is 3.50. The summed E-state index contributed by atoms with van der Waals surface area (Å²) >= 11 is 0. The Morgan fingerprint density at radius 2 is 1.26 bits per heavy atom. The van der Waals surface area contributed by atoms with Crippen LogP contribution >= 0.6 is 0 Å². The average Bonchev–Trinajstić information content (AvgIpc) is 2.39. The van der Waals surface area contributed by atoms with Crippen molar-refractivity contribution in [3.63, 3.8) is 0 Å². The normalized spacial score (nSPS) is 11.8. The molecule has 0 fully saturated rings. The molecule has 0 aliphatic heterocycles. The maximum absolute atomic E-state index is 12.4. The molecule has 0 radical (unpaired) electrons. The zero-order valence-electron chi connectivity index (χ0n) is 13.0. The van der Waals surface area contributed by atoms with Gasteiger partial charge in [-0.25, -0.2) is 0 Å². The highest BCUT2D eigenvalue weighted by Gasteiger charge is 2.48. The lowest BCUT2D eigenvalue weighted by Gasteiger charge is -2.26. The molecule has 0 saturated heterocycles. The third-order valence-corrected chi connectivity index (χ3v) is 5.79. The van der Waals surface area contributed by atoms with E-state index in [4.69, 9.17) is 13.3 Å². The van der Waals surface area contributed by atoms with Gasteiger partial charge in [0.2, 0.25) is 5.41 Å². The molecule has 0 spiro atoms. The molecule has 0 amide bonds. The summed E-state index contributed by atoms with van der Waals surface area (Å²) in [5, 5.41) is 0.0366. The van der Waals surface area contributed by atoms with Crippen LogP contribution in [0.2, 0.25) is 0 Å². The van der Waals surface area contributed by atoms with Gasteiger partial charge in [-0.2, -0.15) is 0 Å². The Morgan fingerprint density at radius 1 is 0.789 bits per heavy atom. The van der Waals surface area contributed by atoms with E-state index in [-0.39, 0.29) is 5.41 Å². The van der Waals surface area contributed by atoms with Gasteiger partial charge in [0.15, 0.2) is 0 Å². The Hall–Kier alpha value is -0.233. The number of hydrogen-bond donors (Lipinski definition) is 0. The first-order valence-electron chi connectivity index (χ1n) is 7.61. The summed E-state index contributed by atoms with van der Waals surface area (Å²) in [6, 6.07) is 0. The van der Waals surface area contributed by atoms with Gasteiger partial charge in [-0.1, -0.05) is 32.6 Å². The summed E-state index contributed by atoms with van der Waals surface area (Å²) in [6.45, 7) is 9.15. The zero-order chi connectivity index (χ0) is 14.6. The molecule has 0 saturated carbocycles. The number of unbranched alkanes of at least 4 members (excludes halogenated alkanes) is 4. The summed E-state index contributed by atoms with van der Waals surface area (Å²) < 4.78 is 16.8. The Kier molecular flexibility index (Phi) is 11.4. The molecular formula is C14H30O4Si. The second kappa shape index (κ2) is 11.6. The van der Waals surface area contributed by atoms with Crippen molar-refractivity contribution in [1.82, 2.24) is 0 Å². The molecule has 4 nitrogen and oxygen atoms in total. The molecule has 5 heteroatoms. The molecule has 0 aromatic rings. The van der Waals surface area contributed by atoms with Crippen LogP contribution < -0.4 is 0 Å². The maximum Gasteiger partial charge on any atom is 0.574 e. The van der Waals surface area contributed by atoms with Gasteiger partial charge in [-0.15, -0.1) is 0 Å². The van der Waals surface area contributed by atoms with Crippen molar-refractivity contribution in [2.45, 2.75) is 66.2 Å². The quantitative estimate of drug-likeness (QED) is 0.385. The van der Waals surface area contributed by atoms with Crippen LogP contribution in [0.15, 0.2) is 0 Å². The Balaban J connectivity index is 4.34. The second-order valence-corrected chi connectivity index (χ2v) is 6.98. The van der Waals surface area contributed by atoms with E-state index in [1.807, 2.05) is 20.8 Å². The zero-order valence-corrected chi connectivity index (χ0v) is 14.0. The maximum atomic E-state index is 12.4. The van der Waals surface area contributed by atoms with Crippen LogP contribution in [0.1, 0.15) is 66.2 Å². The summed E-state index contributed by atoms with van der Waals surface area (Å²) in [7, 11) is -3.11. The van der Waals surface area contributed by atoms with Crippen molar-refractivity contribution in [1.29, 1.82) is 0 Å². The van der Waals surface area contributed by atoms with E-state index in [0.29, 0.717) is 26.2 Å². The molecule has 0 aliphatic carbocycles. The highest BCUT2D eigenvalue weighted by atomic mass is 28.4. The lowest BCUT2D eigenvalue weighted by Crippen LogP contribution is -2.54. The van der Waals surface area contributed by atoms with Crippen molar-refractivity contribution in [2.75, 3.05) is 19.8 Å². The molecule has 0 unspecified atom stereocenters. The van der Waals surface area contributed by atoms with E-state index in [0.717, 1.165) is 12.8 Å². The van der Waals surface area contributed by atoms with Crippen molar-refractivity contribution >= 4 is 14.2 Å². The monoisotopic (exact) mass is 290 g/mol. The molecule has 0 N–H and O–H groups in total. The van der Waals surface area contributed by atoms with Gasteiger partial charge >= 0.3 is 8.80 Å². The van der Waals surface area contributed by atoms with E-state index in [9.17, 15) is 4.79 Å². The van der Waals surface area contributed by atoms with Gasteiger partial charge in [-0.05, 0) is 27.2 Å². The summed E-state index contributed by atoms with van der Waals surface area (Å²) in [4.78, 5) is 12.4.